The number of benzene rings is 1. The zero-order chi connectivity index (χ0) is 19.5. The second kappa shape index (κ2) is 8.09. The zero-order valence-corrected chi connectivity index (χ0v) is 16.7. The molecule has 1 aromatic heterocycles. The van der Waals surface area contributed by atoms with Gasteiger partial charge < -0.3 is 9.80 Å². The Morgan fingerprint density at radius 2 is 1.89 bits per heavy atom. The fourth-order valence-electron chi connectivity index (χ4n) is 4.14. The molecule has 3 heterocycles. The third-order valence-corrected chi connectivity index (χ3v) is 5.62. The number of piperidine rings is 1. The molecule has 0 radical (unpaired) electrons. The summed E-state index contributed by atoms with van der Waals surface area (Å²) in [6.45, 7) is 4.70. The molecule has 1 aromatic carbocycles. The molecule has 1 saturated heterocycles. The van der Waals surface area contributed by atoms with Crippen LogP contribution in [0.5, 0.6) is 0 Å². The molecule has 0 unspecified atom stereocenters. The second-order valence-corrected chi connectivity index (χ2v) is 7.59. The lowest BCUT2D eigenvalue weighted by atomic mass is 10.0. The highest BCUT2D eigenvalue weighted by Crippen LogP contribution is 2.34. The van der Waals surface area contributed by atoms with E-state index in [0.717, 1.165) is 79.2 Å². The van der Waals surface area contributed by atoms with Gasteiger partial charge in [0.25, 0.3) is 5.91 Å². The van der Waals surface area contributed by atoms with Crippen LogP contribution in [0.2, 0.25) is 0 Å². The number of likely N-dealkylation sites (tertiary alicyclic amines) is 1. The SMILES string of the molecule is CN=Nc1ccc(N2CCCc3cc(C(=O)N4CCCCC4)cnc32)cc1C. The van der Waals surface area contributed by atoms with E-state index in [1.807, 2.05) is 17.9 Å². The Balaban J connectivity index is 1.61. The van der Waals surface area contributed by atoms with E-state index in [4.69, 9.17) is 4.98 Å². The van der Waals surface area contributed by atoms with Crippen LogP contribution in [0.4, 0.5) is 17.2 Å². The quantitative estimate of drug-likeness (QED) is 0.721. The minimum atomic E-state index is 0.122. The van der Waals surface area contributed by atoms with E-state index in [1.54, 1.807) is 13.2 Å². The number of aryl methyl sites for hydroxylation is 2. The van der Waals surface area contributed by atoms with Crippen LogP contribution in [0.3, 0.4) is 0 Å². The van der Waals surface area contributed by atoms with Gasteiger partial charge in [-0.2, -0.15) is 10.2 Å². The van der Waals surface area contributed by atoms with Crippen molar-refractivity contribution < 1.29 is 4.79 Å². The third-order valence-electron chi connectivity index (χ3n) is 5.62. The maximum absolute atomic E-state index is 12.8. The smallest absolute Gasteiger partial charge is 0.255 e. The minimum absolute atomic E-state index is 0.122. The van der Waals surface area contributed by atoms with E-state index >= 15 is 0 Å². The summed E-state index contributed by atoms with van der Waals surface area (Å²) in [4.78, 5) is 21.8. The minimum Gasteiger partial charge on any atom is -0.339 e. The first kappa shape index (κ1) is 18.6. The van der Waals surface area contributed by atoms with Gasteiger partial charge in [0.15, 0.2) is 0 Å². The molecular formula is C22H27N5O. The second-order valence-electron chi connectivity index (χ2n) is 7.59. The van der Waals surface area contributed by atoms with E-state index in [2.05, 4.69) is 33.3 Å². The number of hydrogen-bond acceptors (Lipinski definition) is 5. The predicted molar refractivity (Wildman–Crippen MR) is 111 cm³/mol. The van der Waals surface area contributed by atoms with Crippen LogP contribution in [0, 0.1) is 6.92 Å². The molecule has 0 spiro atoms. The molecule has 2 aromatic rings. The molecule has 146 valence electrons. The van der Waals surface area contributed by atoms with Crippen molar-refractivity contribution in [3.05, 3.63) is 47.2 Å². The van der Waals surface area contributed by atoms with Crippen molar-refractivity contribution in [2.45, 2.75) is 39.0 Å². The monoisotopic (exact) mass is 377 g/mol. The maximum Gasteiger partial charge on any atom is 0.255 e. The first-order valence-corrected chi connectivity index (χ1v) is 10.1. The Kier molecular flexibility index (Phi) is 5.37. The first-order valence-electron chi connectivity index (χ1n) is 10.1. The number of nitrogens with zero attached hydrogens (tertiary/aromatic N) is 5. The molecule has 1 fully saturated rings. The average molecular weight is 377 g/mol. The van der Waals surface area contributed by atoms with Gasteiger partial charge in [-0.15, -0.1) is 0 Å². The van der Waals surface area contributed by atoms with Crippen molar-refractivity contribution in [2.24, 2.45) is 10.2 Å². The lowest BCUT2D eigenvalue weighted by molar-refractivity contribution is 0.0724. The van der Waals surface area contributed by atoms with Gasteiger partial charge in [-0.25, -0.2) is 4.98 Å². The number of pyridine rings is 1. The highest BCUT2D eigenvalue weighted by molar-refractivity contribution is 5.94. The predicted octanol–water partition coefficient (Wildman–Crippen LogP) is 4.81. The fraction of sp³-hybridized carbons (Fsp3) is 0.455. The van der Waals surface area contributed by atoms with Gasteiger partial charge >= 0.3 is 0 Å². The molecule has 2 aliphatic rings. The van der Waals surface area contributed by atoms with Gasteiger partial charge in [-0.1, -0.05) is 0 Å². The Labute approximate surface area is 166 Å². The lowest BCUT2D eigenvalue weighted by Gasteiger charge is -2.31. The summed E-state index contributed by atoms with van der Waals surface area (Å²) in [7, 11) is 1.68. The van der Waals surface area contributed by atoms with Crippen molar-refractivity contribution in [1.82, 2.24) is 9.88 Å². The number of carbonyl (C=O) groups is 1. The molecule has 6 heteroatoms. The summed E-state index contributed by atoms with van der Waals surface area (Å²) >= 11 is 0. The topological polar surface area (TPSA) is 61.2 Å². The number of rotatable bonds is 3. The number of fused-ring (bicyclic) bond motifs is 1. The molecule has 6 nitrogen and oxygen atoms in total. The molecule has 2 aliphatic heterocycles. The van der Waals surface area contributed by atoms with Crippen LogP contribution < -0.4 is 4.90 Å². The highest BCUT2D eigenvalue weighted by atomic mass is 16.2. The number of amides is 1. The van der Waals surface area contributed by atoms with E-state index < -0.39 is 0 Å². The zero-order valence-electron chi connectivity index (χ0n) is 16.7. The number of carbonyl (C=O) groups excluding carboxylic acids is 1. The van der Waals surface area contributed by atoms with Crippen molar-refractivity contribution in [1.29, 1.82) is 0 Å². The Bertz CT molecular complexity index is 902. The number of aromatic nitrogens is 1. The number of hydrogen-bond donors (Lipinski definition) is 0. The van der Waals surface area contributed by atoms with Crippen LogP contribution in [-0.2, 0) is 6.42 Å². The van der Waals surface area contributed by atoms with E-state index in [1.165, 1.54) is 6.42 Å². The van der Waals surface area contributed by atoms with Crippen molar-refractivity contribution in [2.75, 3.05) is 31.6 Å². The van der Waals surface area contributed by atoms with Gasteiger partial charge in [-0.3, -0.25) is 4.79 Å². The van der Waals surface area contributed by atoms with Crippen LogP contribution in [0.25, 0.3) is 0 Å². The summed E-state index contributed by atoms with van der Waals surface area (Å²) in [5.74, 6) is 1.09. The first-order chi connectivity index (χ1) is 13.7. The lowest BCUT2D eigenvalue weighted by Crippen LogP contribution is -2.36. The highest BCUT2D eigenvalue weighted by Gasteiger charge is 2.24. The molecule has 1 amide bonds. The summed E-state index contributed by atoms with van der Waals surface area (Å²) in [6, 6.07) is 8.26. The van der Waals surface area contributed by atoms with Crippen LogP contribution in [-0.4, -0.2) is 42.5 Å². The average Bonchev–Trinajstić information content (AvgIpc) is 2.74. The number of azo groups is 1. The standard InChI is InChI=1S/C22H27N5O/c1-16-13-19(8-9-20(16)25-23-2)27-12-6-7-17-14-18(15-24-21(17)27)22(28)26-10-4-3-5-11-26/h8-9,13-15H,3-7,10-12H2,1-2H3. The summed E-state index contributed by atoms with van der Waals surface area (Å²) in [5.41, 5.74) is 4.96. The molecule has 0 bridgehead atoms. The molecule has 0 atom stereocenters. The molecule has 28 heavy (non-hydrogen) atoms. The maximum atomic E-state index is 12.8. The summed E-state index contributed by atoms with van der Waals surface area (Å²) in [6.07, 6.45) is 7.18. The number of anilines is 2. The van der Waals surface area contributed by atoms with Crippen molar-refractivity contribution in [3.63, 3.8) is 0 Å². The van der Waals surface area contributed by atoms with E-state index in [-0.39, 0.29) is 5.91 Å². The summed E-state index contributed by atoms with van der Waals surface area (Å²) < 4.78 is 0. The van der Waals surface area contributed by atoms with Gasteiger partial charge in [-0.05, 0) is 74.4 Å². The molecule has 0 N–H and O–H groups in total. The van der Waals surface area contributed by atoms with E-state index in [0.29, 0.717) is 0 Å². The third kappa shape index (κ3) is 3.63. The normalized spacial score (nSPS) is 17.1. The van der Waals surface area contributed by atoms with Gasteiger partial charge in [0.1, 0.15) is 5.82 Å². The molecule has 0 saturated carbocycles. The molecule has 4 rings (SSSR count). The largest absolute Gasteiger partial charge is 0.339 e. The summed E-state index contributed by atoms with van der Waals surface area (Å²) in [5, 5.41) is 8.03. The van der Waals surface area contributed by atoms with E-state index in [9.17, 15) is 4.79 Å². The Morgan fingerprint density at radius 3 is 2.64 bits per heavy atom. The van der Waals surface area contributed by atoms with Crippen LogP contribution >= 0.6 is 0 Å². The Hall–Kier alpha value is -2.76. The van der Waals surface area contributed by atoms with Gasteiger partial charge in [0.2, 0.25) is 0 Å². The van der Waals surface area contributed by atoms with Gasteiger partial charge in [0, 0.05) is 38.6 Å². The Morgan fingerprint density at radius 1 is 1.07 bits per heavy atom. The van der Waals surface area contributed by atoms with Crippen molar-refractivity contribution in [3.8, 4) is 0 Å². The van der Waals surface area contributed by atoms with Crippen molar-refractivity contribution >= 4 is 23.1 Å². The van der Waals surface area contributed by atoms with Gasteiger partial charge in [0.05, 0.1) is 11.3 Å². The fourth-order valence-corrected chi connectivity index (χ4v) is 4.14. The van der Waals surface area contributed by atoms with Crippen LogP contribution in [0.1, 0.15) is 47.2 Å². The molecular weight excluding hydrogens is 350 g/mol. The van der Waals surface area contributed by atoms with Crippen LogP contribution in [0.15, 0.2) is 40.7 Å². The molecule has 0 aliphatic carbocycles.